The number of amides is 2. The molecule has 5 nitrogen and oxygen atoms in total. The number of hydrazone groups is 1. The maximum absolute atomic E-state index is 12.2. The summed E-state index contributed by atoms with van der Waals surface area (Å²) in [5.74, 6) is 0.0734. The molecule has 2 rings (SSSR count). The zero-order chi connectivity index (χ0) is 15.4. The SMILES string of the molecule is CC(C)C(C)NC(=O)C1=NN(c2ccccc2)C(=O)CC1. The fourth-order valence-electron chi connectivity index (χ4n) is 1.94. The van der Waals surface area contributed by atoms with E-state index in [-0.39, 0.29) is 17.9 Å². The van der Waals surface area contributed by atoms with Gasteiger partial charge in [0.2, 0.25) is 5.91 Å². The van der Waals surface area contributed by atoms with E-state index >= 15 is 0 Å². The summed E-state index contributed by atoms with van der Waals surface area (Å²) in [6.07, 6.45) is 0.690. The Bertz CT molecular complexity index is 552. The molecule has 0 saturated carbocycles. The van der Waals surface area contributed by atoms with Gasteiger partial charge >= 0.3 is 0 Å². The summed E-state index contributed by atoms with van der Waals surface area (Å²) in [5, 5.41) is 8.48. The lowest BCUT2D eigenvalue weighted by Crippen LogP contribution is -2.43. The van der Waals surface area contributed by atoms with Gasteiger partial charge < -0.3 is 5.32 Å². The summed E-state index contributed by atoms with van der Waals surface area (Å²) >= 11 is 0. The molecule has 112 valence electrons. The average molecular weight is 287 g/mol. The van der Waals surface area contributed by atoms with E-state index in [2.05, 4.69) is 10.4 Å². The summed E-state index contributed by atoms with van der Waals surface area (Å²) in [6.45, 7) is 6.06. The van der Waals surface area contributed by atoms with Crippen LogP contribution in [0.15, 0.2) is 35.4 Å². The lowest BCUT2D eigenvalue weighted by molar-refractivity contribution is -0.119. The molecule has 1 heterocycles. The standard InChI is InChI=1S/C16H21N3O2/c1-11(2)12(3)17-16(21)14-9-10-15(20)19(18-14)13-7-5-4-6-8-13/h4-8,11-12H,9-10H2,1-3H3,(H,17,21). The molecule has 1 N–H and O–H groups in total. The summed E-state index contributed by atoms with van der Waals surface area (Å²) in [6, 6.07) is 9.24. The van der Waals surface area contributed by atoms with Gasteiger partial charge in [-0.05, 0) is 25.0 Å². The number of benzene rings is 1. The van der Waals surface area contributed by atoms with Gasteiger partial charge in [0.15, 0.2) is 0 Å². The van der Waals surface area contributed by atoms with Gasteiger partial charge in [0.1, 0.15) is 5.71 Å². The van der Waals surface area contributed by atoms with Crippen molar-refractivity contribution in [1.29, 1.82) is 0 Å². The molecule has 0 bridgehead atoms. The van der Waals surface area contributed by atoms with Crippen LogP contribution in [0, 0.1) is 5.92 Å². The number of carbonyl (C=O) groups is 2. The van der Waals surface area contributed by atoms with Gasteiger partial charge in [0.05, 0.1) is 5.69 Å². The number of nitrogens with one attached hydrogen (secondary N) is 1. The van der Waals surface area contributed by atoms with Crippen LogP contribution in [0.1, 0.15) is 33.6 Å². The molecule has 1 unspecified atom stereocenters. The summed E-state index contributed by atoms with van der Waals surface area (Å²) in [7, 11) is 0. The van der Waals surface area contributed by atoms with E-state index in [0.29, 0.717) is 30.2 Å². The molecule has 0 aromatic heterocycles. The number of para-hydroxylation sites is 1. The topological polar surface area (TPSA) is 61.8 Å². The Labute approximate surface area is 125 Å². The monoisotopic (exact) mass is 287 g/mol. The van der Waals surface area contributed by atoms with Crippen LogP contribution >= 0.6 is 0 Å². The van der Waals surface area contributed by atoms with Crippen LogP contribution in [-0.2, 0) is 9.59 Å². The molecule has 0 aliphatic carbocycles. The molecule has 1 atom stereocenters. The average Bonchev–Trinajstić information content (AvgIpc) is 2.48. The second-order valence-electron chi connectivity index (χ2n) is 5.59. The van der Waals surface area contributed by atoms with Gasteiger partial charge in [-0.25, -0.2) is 5.01 Å². The predicted molar refractivity (Wildman–Crippen MR) is 83.0 cm³/mol. The molecule has 1 aromatic carbocycles. The number of nitrogens with zero attached hydrogens (tertiary/aromatic N) is 2. The second-order valence-corrected chi connectivity index (χ2v) is 5.59. The van der Waals surface area contributed by atoms with E-state index in [1.165, 1.54) is 5.01 Å². The lowest BCUT2D eigenvalue weighted by Gasteiger charge is -2.24. The molecule has 0 saturated heterocycles. The van der Waals surface area contributed by atoms with E-state index in [0.717, 1.165) is 0 Å². The Balaban J connectivity index is 2.17. The second kappa shape index (κ2) is 6.52. The van der Waals surface area contributed by atoms with Gasteiger partial charge in [-0.2, -0.15) is 5.10 Å². The molecule has 21 heavy (non-hydrogen) atoms. The largest absolute Gasteiger partial charge is 0.348 e. The quantitative estimate of drug-likeness (QED) is 0.924. The summed E-state index contributed by atoms with van der Waals surface area (Å²) in [5.41, 5.74) is 1.09. The first kappa shape index (κ1) is 15.2. The molecular weight excluding hydrogens is 266 g/mol. The molecule has 0 fully saturated rings. The molecular formula is C16H21N3O2. The zero-order valence-corrected chi connectivity index (χ0v) is 12.7. The minimum atomic E-state index is -0.190. The minimum Gasteiger partial charge on any atom is -0.348 e. The number of anilines is 1. The summed E-state index contributed by atoms with van der Waals surface area (Å²) < 4.78 is 0. The van der Waals surface area contributed by atoms with Crippen molar-refractivity contribution in [1.82, 2.24) is 5.32 Å². The van der Waals surface area contributed by atoms with Crippen molar-refractivity contribution in [3.8, 4) is 0 Å². The molecule has 0 radical (unpaired) electrons. The maximum atomic E-state index is 12.2. The van der Waals surface area contributed by atoms with Gasteiger partial charge in [0.25, 0.3) is 5.91 Å². The van der Waals surface area contributed by atoms with Crippen LogP contribution in [0.25, 0.3) is 0 Å². The lowest BCUT2D eigenvalue weighted by atomic mass is 10.1. The van der Waals surface area contributed by atoms with Gasteiger partial charge in [-0.15, -0.1) is 0 Å². The third kappa shape index (κ3) is 3.68. The molecule has 2 amide bonds. The fourth-order valence-corrected chi connectivity index (χ4v) is 1.94. The Morgan fingerprint density at radius 1 is 1.19 bits per heavy atom. The van der Waals surface area contributed by atoms with Crippen LogP contribution in [0.2, 0.25) is 0 Å². The molecule has 0 spiro atoms. The molecule has 1 aromatic rings. The van der Waals surface area contributed by atoms with Gasteiger partial charge in [-0.3, -0.25) is 9.59 Å². The highest BCUT2D eigenvalue weighted by Crippen LogP contribution is 2.19. The Kier molecular flexibility index (Phi) is 4.73. The number of carbonyl (C=O) groups excluding carboxylic acids is 2. The third-order valence-corrected chi connectivity index (χ3v) is 3.65. The number of rotatable bonds is 4. The van der Waals surface area contributed by atoms with E-state index in [4.69, 9.17) is 0 Å². The van der Waals surface area contributed by atoms with Crippen molar-refractivity contribution >= 4 is 23.2 Å². The highest BCUT2D eigenvalue weighted by atomic mass is 16.2. The van der Waals surface area contributed by atoms with Crippen LogP contribution in [0.3, 0.4) is 0 Å². The first-order chi connectivity index (χ1) is 9.99. The number of hydrogen-bond donors (Lipinski definition) is 1. The highest BCUT2D eigenvalue weighted by Gasteiger charge is 2.26. The van der Waals surface area contributed by atoms with E-state index in [1.807, 2.05) is 39.0 Å². The Morgan fingerprint density at radius 2 is 1.86 bits per heavy atom. The maximum Gasteiger partial charge on any atom is 0.267 e. The van der Waals surface area contributed by atoms with Crippen molar-refractivity contribution in [2.75, 3.05) is 5.01 Å². The van der Waals surface area contributed by atoms with Crippen molar-refractivity contribution in [3.63, 3.8) is 0 Å². The molecule has 1 aliphatic rings. The van der Waals surface area contributed by atoms with Gasteiger partial charge in [-0.1, -0.05) is 32.0 Å². The van der Waals surface area contributed by atoms with Crippen LogP contribution in [0.4, 0.5) is 5.69 Å². The van der Waals surface area contributed by atoms with Crippen LogP contribution in [0.5, 0.6) is 0 Å². The van der Waals surface area contributed by atoms with Crippen molar-refractivity contribution < 1.29 is 9.59 Å². The highest BCUT2D eigenvalue weighted by molar-refractivity contribution is 6.40. The smallest absolute Gasteiger partial charge is 0.267 e. The molecule has 5 heteroatoms. The van der Waals surface area contributed by atoms with Crippen molar-refractivity contribution in [2.45, 2.75) is 39.7 Å². The number of hydrogen-bond acceptors (Lipinski definition) is 3. The summed E-state index contributed by atoms with van der Waals surface area (Å²) in [4.78, 5) is 24.2. The zero-order valence-electron chi connectivity index (χ0n) is 12.7. The Morgan fingerprint density at radius 3 is 2.48 bits per heavy atom. The van der Waals surface area contributed by atoms with Crippen molar-refractivity contribution in [3.05, 3.63) is 30.3 Å². The third-order valence-electron chi connectivity index (χ3n) is 3.65. The van der Waals surface area contributed by atoms with E-state index < -0.39 is 0 Å². The first-order valence-electron chi connectivity index (χ1n) is 7.25. The predicted octanol–water partition coefficient (Wildman–Crippen LogP) is 2.33. The minimum absolute atomic E-state index is 0.0722. The van der Waals surface area contributed by atoms with Crippen molar-refractivity contribution in [2.24, 2.45) is 11.0 Å². The fraction of sp³-hybridized carbons (Fsp3) is 0.438. The normalized spacial score (nSPS) is 16.7. The van der Waals surface area contributed by atoms with Gasteiger partial charge in [0, 0.05) is 18.9 Å². The van der Waals surface area contributed by atoms with E-state index in [9.17, 15) is 9.59 Å². The first-order valence-corrected chi connectivity index (χ1v) is 7.25. The van der Waals surface area contributed by atoms with Crippen LogP contribution < -0.4 is 10.3 Å². The molecule has 1 aliphatic heterocycles. The Hall–Kier alpha value is -2.17. The van der Waals surface area contributed by atoms with Crippen LogP contribution in [-0.4, -0.2) is 23.6 Å². The van der Waals surface area contributed by atoms with E-state index in [1.54, 1.807) is 12.1 Å².